The number of aryl methyl sites for hydroxylation is 2. The van der Waals surface area contributed by atoms with Gasteiger partial charge < -0.3 is 9.47 Å². The van der Waals surface area contributed by atoms with E-state index in [2.05, 4.69) is 53.0 Å². The third-order valence-corrected chi connectivity index (χ3v) is 4.78. The molecule has 3 aromatic rings. The van der Waals surface area contributed by atoms with Crippen LogP contribution in [0.1, 0.15) is 22.3 Å². The maximum atomic E-state index is 5.98. The summed E-state index contributed by atoms with van der Waals surface area (Å²) in [6.07, 6.45) is 1.84. The zero-order chi connectivity index (χ0) is 19.2. The van der Waals surface area contributed by atoms with Gasteiger partial charge in [0.2, 0.25) is 0 Å². The Morgan fingerprint density at radius 2 is 1.78 bits per heavy atom. The van der Waals surface area contributed by atoms with Crippen LogP contribution in [0, 0.1) is 13.8 Å². The molecule has 0 aliphatic carbocycles. The average molecular weight is 424 g/mol. The molecule has 3 rings (SSSR count). The van der Waals surface area contributed by atoms with Gasteiger partial charge in [-0.05, 0) is 70.2 Å². The second kappa shape index (κ2) is 8.87. The molecular formula is C23H22BrNO2. The number of ether oxygens (including phenoxy) is 2. The van der Waals surface area contributed by atoms with Gasteiger partial charge in [0.15, 0.2) is 11.5 Å². The molecule has 0 atom stereocenters. The van der Waals surface area contributed by atoms with E-state index in [1.165, 1.54) is 5.56 Å². The lowest BCUT2D eigenvalue weighted by molar-refractivity contribution is 0.282. The minimum absolute atomic E-state index is 0.478. The number of hydrogen-bond donors (Lipinski definition) is 0. The van der Waals surface area contributed by atoms with E-state index in [4.69, 9.17) is 9.47 Å². The van der Waals surface area contributed by atoms with E-state index in [0.29, 0.717) is 18.1 Å². The SMILES string of the molecule is COc1cc(C=Nc2cc(C)ccc2C)cc(Br)c1OCc1ccccc1. The molecule has 0 bridgehead atoms. The number of methoxy groups -OCH3 is 1. The van der Waals surface area contributed by atoms with E-state index in [1.54, 1.807) is 7.11 Å². The molecule has 138 valence electrons. The van der Waals surface area contributed by atoms with Gasteiger partial charge in [0.05, 0.1) is 17.3 Å². The van der Waals surface area contributed by atoms with Crippen molar-refractivity contribution in [3.63, 3.8) is 0 Å². The molecule has 0 heterocycles. The smallest absolute Gasteiger partial charge is 0.175 e. The summed E-state index contributed by atoms with van der Waals surface area (Å²) in [5.41, 5.74) is 5.34. The Morgan fingerprint density at radius 1 is 1.00 bits per heavy atom. The molecule has 0 spiro atoms. The second-order valence-electron chi connectivity index (χ2n) is 6.36. The lowest BCUT2D eigenvalue weighted by Crippen LogP contribution is -1.99. The molecule has 0 aliphatic rings. The number of halogens is 1. The molecule has 0 saturated carbocycles. The van der Waals surface area contributed by atoms with Gasteiger partial charge in [0, 0.05) is 6.21 Å². The Bertz CT molecular complexity index is 952. The van der Waals surface area contributed by atoms with Crippen LogP contribution < -0.4 is 9.47 Å². The van der Waals surface area contributed by atoms with Crippen LogP contribution in [0.15, 0.2) is 70.1 Å². The summed E-state index contributed by atoms with van der Waals surface area (Å²) < 4.78 is 12.3. The molecule has 0 aliphatic heterocycles. The highest BCUT2D eigenvalue weighted by Gasteiger charge is 2.11. The topological polar surface area (TPSA) is 30.8 Å². The van der Waals surface area contributed by atoms with Crippen molar-refractivity contribution >= 4 is 27.8 Å². The number of benzene rings is 3. The van der Waals surface area contributed by atoms with Crippen molar-refractivity contribution in [1.29, 1.82) is 0 Å². The van der Waals surface area contributed by atoms with Crippen LogP contribution >= 0.6 is 15.9 Å². The van der Waals surface area contributed by atoms with Gasteiger partial charge >= 0.3 is 0 Å². The zero-order valence-corrected chi connectivity index (χ0v) is 17.3. The molecule has 4 heteroatoms. The lowest BCUT2D eigenvalue weighted by atomic mass is 10.1. The monoisotopic (exact) mass is 423 g/mol. The maximum Gasteiger partial charge on any atom is 0.175 e. The predicted octanol–water partition coefficient (Wildman–Crippen LogP) is 6.40. The van der Waals surface area contributed by atoms with Crippen LogP contribution in [0.3, 0.4) is 0 Å². The van der Waals surface area contributed by atoms with Gasteiger partial charge in [-0.1, -0.05) is 42.5 Å². The minimum Gasteiger partial charge on any atom is -0.493 e. The van der Waals surface area contributed by atoms with Gasteiger partial charge in [0.25, 0.3) is 0 Å². The highest BCUT2D eigenvalue weighted by atomic mass is 79.9. The van der Waals surface area contributed by atoms with Crippen LogP contribution in [0.4, 0.5) is 5.69 Å². The molecule has 0 saturated heterocycles. The summed E-state index contributed by atoms with van der Waals surface area (Å²) in [6, 6.07) is 20.2. The Balaban J connectivity index is 1.83. The molecule has 0 fully saturated rings. The molecule has 0 radical (unpaired) electrons. The molecular weight excluding hydrogens is 402 g/mol. The predicted molar refractivity (Wildman–Crippen MR) is 115 cm³/mol. The van der Waals surface area contributed by atoms with Gasteiger partial charge in [-0.3, -0.25) is 4.99 Å². The van der Waals surface area contributed by atoms with E-state index in [0.717, 1.165) is 26.9 Å². The number of aliphatic imine (C=N–C) groups is 1. The number of hydrogen-bond acceptors (Lipinski definition) is 3. The molecule has 27 heavy (non-hydrogen) atoms. The van der Waals surface area contributed by atoms with Crippen molar-refractivity contribution in [3.05, 3.63) is 87.4 Å². The number of rotatable bonds is 6. The minimum atomic E-state index is 0.478. The van der Waals surface area contributed by atoms with Gasteiger partial charge in [0.1, 0.15) is 6.61 Å². The Labute approximate surface area is 168 Å². The van der Waals surface area contributed by atoms with Crippen molar-refractivity contribution < 1.29 is 9.47 Å². The van der Waals surface area contributed by atoms with E-state index < -0.39 is 0 Å². The van der Waals surface area contributed by atoms with Crippen LogP contribution in [0.25, 0.3) is 0 Å². The molecule has 3 nitrogen and oxygen atoms in total. The highest BCUT2D eigenvalue weighted by Crippen LogP contribution is 2.37. The van der Waals surface area contributed by atoms with Gasteiger partial charge in [-0.15, -0.1) is 0 Å². The summed E-state index contributed by atoms with van der Waals surface area (Å²) in [5.74, 6) is 1.35. The summed E-state index contributed by atoms with van der Waals surface area (Å²) in [6.45, 7) is 4.60. The normalized spacial score (nSPS) is 11.0. The fourth-order valence-corrected chi connectivity index (χ4v) is 3.26. The van der Waals surface area contributed by atoms with Crippen molar-refractivity contribution in [1.82, 2.24) is 0 Å². The Hall–Kier alpha value is -2.59. The first-order chi connectivity index (χ1) is 13.1. The van der Waals surface area contributed by atoms with Crippen LogP contribution in [0.2, 0.25) is 0 Å². The number of nitrogens with zero attached hydrogens (tertiary/aromatic N) is 1. The third-order valence-electron chi connectivity index (χ3n) is 4.20. The summed E-state index contributed by atoms with van der Waals surface area (Å²) in [5, 5.41) is 0. The highest BCUT2D eigenvalue weighted by molar-refractivity contribution is 9.10. The van der Waals surface area contributed by atoms with Crippen molar-refractivity contribution in [3.8, 4) is 11.5 Å². The fraction of sp³-hybridized carbons (Fsp3) is 0.174. The fourth-order valence-electron chi connectivity index (χ4n) is 2.69. The summed E-state index contributed by atoms with van der Waals surface area (Å²) >= 11 is 3.60. The molecule has 0 N–H and O–H groups in total. The maximum absolute atomic E-state index is 5.98. The van der Waals surface area contributed by atoms with Crippen molar-refractivity contribution in [2.24, 2.45) is 4.99 Å². The van der Waals surface area contributed by atoms with Crippen LogP contribution in [-0.2, 0) is 6.61 Å². The quantitative estimate of drug-likeness (QED) is 0.429. The standard InChI is InChI=1S/C23H22BrNO2/c1-16-9-10-17(2)21(11-16)25-14-19-12-20(24)23(22(13-19)26-3)27-15-18-7-5-4-6-8-18/h4-14H,15H2,1-3H3. The first-order valence-electron chi connectivity index (χ1n) is 8.72. The second-order valence-corrected chi connectivity index (χ2v) is 7.21. The zero-order valence-electron chi connectivity index (χ0n) is 15.7. The van der Waals surface area contributed by atoms with E-state index in [-0.39, 0.29) is 0 Å². The van der Waals surface area contributed by atoms with Gasteiger partial charge in [-0.2, -0.15) is 0 Å². The van der Waals surface area contributed by atoms with Crippen LogP contribution in [-0.4, -0.2) is 13.3 Å². The third kappa shape index (κ3) is 4.98. The lowest BCUT2D eigenvalue weighted by Gasteiger charge is -2.13. The van der Waals surface area contributed by atoms with Crippen molar-refractivity contribution in [2.75, 3.05) is 7.11 Å². The Kier molecular flexibility index (Phi) is 6.30. The molecule has 0 aromatic heterocycles. The first-order valence-corrected chi connectivity index (χ1v) is 9.51. The van der Waals surface area contributed by atoms with Crippen molar-refractivity contribution in [2.45, 2.75) is 20.5 Å². The molecule has 0 amide bonds. The van der Waals surface area contributed by atoms with Gasteiger partial charge in [-0.25, -0.2) is 0 Å². The largest absolute Gasteiger partial charge is 0.493 e. The average Bonchev–Trinajstić information content (AvgIpc) is 2.68. The molecule has 0 unspecified atom stereocenters. The van der Waals surface area contributed by atoms with Crippen LogP contribution in [0.5, 0.6) is 11.5 Å². The Morgan fingerprint density at radius 3 is 2.52 bits per heavy atom. The molecule has 3 aromatic carbocycles. The van der Waals surface area contributed by atoms with E-state index >= 15 is 0 Å². The summed E-state index contributed by atoms with van der Waals surface area (Å²) in [4.78, 5) is 4.63. The van der Waals surface area contributed by atoms with E-state index in [1.807, 2.05) is 48.7 Å². The first kappa shape index (κ1) is 19.2. The summed E-state index contributed by atoms with van der Waals surface area (Å²) in [7, 11) is 1.64. The van der Waals surface area contributed by atoms with E-state index in [9.17, 15) is 0 Å².